The Bertz CT molecular complexity index is 1400. The number of piperazine rings is 1. The van der Waals surface area contributed by atoms with E-state index in [4.69, 9.17) is 4.74 Å². The van der Waals surface area contributed by atoms with Gasteiger partial charge in [0, 0.05) is 69.3 Å². The van der Waals surface area contributed by atoms with Crippen LogP contribution in [0.1, 0.15) is 64.7 Å². The van der Waals surface area contributed by atoms with E-state index in [0.29, 0.717) is 35.7 Å². The summed E-state index contributed by atoms with van der Waals surface area (Å²) < 4.78 is 7.74. The van der Waals surface area contributed by atoms with Crippen LogP contribution < -0.4 is 20.3 Å². The van der Waals surface area contributed by atoms with E-state index in [2.05, 4.69) is 21.6 Å². The van der Waals surface area contributed by atoms with Crippen molar-refractivity contribution in [3.8, 4) is 16.9 Å². The van der Waals surface area contributed by atoms with Crippen molar-refractivity contribution in [1.29, 1.82) is 0 Å². The van der Waals surface area contributed by atoms with Crippen molar-refractivity contribution in [2.45, 2.75) is 51.7 Å². The number of hydrogen-bond donors (Lipinski definition) is 2. The molecule has 0 aliphatic carbocycles. The maximum Gasteiger partial charge on any atom is 0.270 e. The van der Waals surface area contributed by atoms with Crippen LogP contribution in [0.3, 0.4) is 0 Å². The number of aryl methyl sites for hydroxylation is 2. The maximum atomic E-state index is 13.6. The minimum atomic E-state index is -0.276. The van der Waals surface area contributed by atoms with Gasteiger partial charge < -0.3 is 29.7 Å². The van der Waals surface area contributed by atoms with E-state index in [1.165, 1.54) is 12.8 Å². The Hall–Kier alpha value is -3.78. The molecule has 2 N–H and O–H groups in total. The molecule has 2 amide bonds. The van der Waals surface area contributed by atoms with Gasteiger partial charge in [0.15, 0.2) is 0 Å². The molecular formula is C32H41N5O3. The second-order valence-electron chi connectivity index (χ2n) is 11.3. The number of hydrogen-bond acceptors (Lipinski definition) is 5. The summed E-state index contributed by atoms with van der Waals surface area (Å²) >= 11 is 0. The average Bonchev–Trinajstić information content (AvgIpc) is 3.48. The third-order valence-electron chi connectivity index (χ3n) is 8.13. The van der Waals surface area contributed by atoms with Gasteiger partial charge in [0.2, 0.25) is 0 Å². The average molecular weight is 544 g/mol. The summed E-state index contributed by atoms with van der Waals surface area (Å²) in [5.74, 6) is 0.534. The first-order valence-electron chi connectivity index (χ1n) is 14.2. The van der Waals surface area contributed by atoms with Gasteiger partial charge in [-0.2, -0.15) is 0 Å². The molecule has 212 valence electrons. The van der Waals surface area contributed by atoms with Crippen LogP contribution in [0.2, 0.25) is 0 Å². The van der Waals surface area contributed by atoms with E-state index in [1.807, 2.05) is 75.0 Å². The van der Waals surface area contributed by atoms with Crippen molar-refractivity contribution in [3.63, 3.8) is 0 Å². The third kappa shape index (κ3) is 5.59. The van der Waals surface area contributed by atoms with E-state index >= 15 is 0 Å². The molecule has 1 aromatic heterocycles. The highest BCUT2D eigenvalue weighted by atomic mass is 16.5. The Kier molecular flexibility index (Phi) is 7.90. The second-order valence-corrected chi connectivity index (χ2v) is 11.3. The van der Waals surface area contributed by atoms with Gasteiger partial charge in [0.05, 0.1) is 12.6 Å². The molecule has 2 fully saturated rings. The molecule has 40 heavy (non-hydrogen) atoms. The molecule has 3 aromatic rings. The van der Waals surface area contributed by atoms with Crippen molar-refractivity contribution < 1.29 is 14.3 Å². The number of aromatic nitrogens is 1. The van der Waals surface area contributed by atoms with Crippen molar-refractivity contribution >= 4 is 17.5 Å². The summed E-state index contributed by atoms with van der Waals surface area (Å²) in [6.45, 7) is 8.38. The molecule has 5 rings (SSSR count). The zero-order valence-corrected chi connectivity index (χ0v) is 24.5. The summed E-state index contributed by atoms with van der Waals surface area (Å²) in [5, 5.41) is 6.89. The lowest BCUT2D eigenvalue weighted by Crippen LogP contribution is -2.51. The molecule has 0 unspecified atom stereocenters. The number of nitrogens with zero attached hydrogens (tertiary/aromatic N) is 3. The Morgan fingerprint density at radius 2 is 1.82 bits per heavy atom. The predicted octanol–water partition coefficient (Wildman–Crippen LogP) is 4.53. The number of benzene rings is 2. The first-order valence-corrected chi connectivity index (χ1v) is 14.2. The molecule has 0 radical (unpaired) electrons. The lowest BCUT2D eigenvalue weighted by Gasteiger charge is -2.35. The van der Waals surface area contributed by atoms with Crippen LogP contribution in [-0.4, -0.2) is 67.2 Å². The SMILES string of the molecule is CCOc1cc(-c2ccn(C)c2C(=O)N(C)C)cc([C@@H](C)NC(=O)c2cc(N3C[C@H]4CC[C@@H](C3)N4)ccc2C)c1. The topological polar surface area (TPSA) is 78.8 Å². The molecular weight excluding hydrogens is 502 g/mol. The van der Waals surface area contributed by atoms with Gasteiger partial charge in [-0.05, 0) is 86.7 Å². The minimum Gasteiger partial charge on any atom is -0.494 e. The number of nitrogens with one attached hydrogen (secondary N) is 2. The Morgan fingerprint density at radius 1 is 1.10 bits per heavy atom. The van der Waals surface area contributed by atoms with Crippen molar-refractivity contribution in [2.24, 2.45) is 7.05 Å². The van der Waals surface area contributed by atoms with Crippen molar-refractivity contribution in [2.75, 3.05) is 38.7 Å². The smallest absolute Gasteiger partial charge is 0.270 e. The zero-order chi connectivity index (χ0) is 28.6. The number of amides is 2. The van der Waals surface area contributed by atoms with Gasteiger partial charge in [-0.1, -0.05) is 6.07 Å². The number of fused-ring (bicyclic) bond motifs is 2. The summed E-state index contributed by atoms with van der Waals surface area (Å²) in [4.78, 5) is 30.5. The Morgan fingerprint density at radius 3 is 2.50 bits per heavy atom. The molecule has 8 nitrogen and oxygen atoms in total. The third-order valence-corrected chi connectivity index (χ3v) is 8.13. The fourth-order valence-electron chi connectivity index (χ4n) is 5.94. The predicted molar refractivity (Wildman–Crippen MR) is 159 cm³/mol. The number of carbonyl (C=O) groups excluding carboxylic acids is 2. The number of carbonyl (C=O) groups is 2. The van der Waals surface area contributed by atoms with Gasteiger partial charge in [0.25, 0.3) is 11.8 Å². The molecule has 2 aliphatic rings. The molecule has 2 aromatic carbocycles. The molecule has 8 heteroatoms. The molecule has 3 heterocycles. The summed E-state index contributed by atoms with van der Waals surface area (Å²) in [6, 6.07) is 14.9. The van der Waals surface area contributed by atoms with Gasteiger partial charge in [-0.3, -0.25) is 9.59 Å². The highest BCUT2D eigenvalue weighted by Crippen LogP contribution is 2.33. The van der Waals surface area contributed by atoms with Crippen molar-refractivity contribution in [1.82, 2.24) is 20.1 Å². The highest BCUT2D eigenvalue weighted by molar-refractivity contribution is 5.99. The van der Waals surface area contributed by atoms with Crippen LogP contribution >= 0.6 is 0 Å². The fourth-order valence-corrected chi connectivity index (χ4v) is 5.94. The number of ether oxygens (including phenoxy) is 1. The van der Waals surface area contributed by atoms with Crippen LogP contribution in [0.15, 0.2) is 48.7 Å². The monoisotopic (exact) mass is 543 g/mol. The van der Waals surface area contributed by atoms with E-state index in [-0.39, 0.29) is 17.9 Å². The summed E-state index contributed by atoms with van der Waals surface area (Å²) in [5.41, 5.74) is 5.97. The van der Waals surface area contributed by atoms with E-state index in [1.54, 1.807) is 19.0 Å². The largest absolute Gasteiger partial charge is 0.494 e. The number of anilines is 1. The van der Waals surface area contributed by atoms with E-state index < -0.39 is 0 Å². The van der Waals surface area contributed by atoms with Gasteiger partial charge in [0.1, 0.15) is 11.4 Å². The zero-order valence-electron chi connectivity index (χ0n) is 24.5. The van der Waals surface area contributed by atoms with Crippen LogP contribution in [0.4, 0.5) is 5.69 Å². The minimum absolute atomic E-state index is 0.0694. The van der Waals surface area contributed by atoms with E-state index in [9.17, 15) is 9.59 Å². The van der Waals surface area contributed by atoms with E-state index in [0.717, 1.165) is 41.0 Å². The molecule has 0 saturated carbocycles. The van der Waals surface area contributed by atoms with Crippen LogP contribution in [0.5, 0.6) is 5.75 Å². The maximum absolute atomic E-state index is 13.6. The highest BCUT2D eigenvalue weighted by Gasteiger charge is 2.32. The van der Waals surface area contributed by atoms with Crippen LogP contribution in [0, 0.1) is 6.92 Å². The van der Waals surface area contributed by atoms with Gasteiger partial charge >= 0.3 is 0 Å². The van der Waals surface area contributed by atoms with Gasteiger partial charge in [-0.25, -0.2) is 0 Å². The normalized spacial score (nSPS) is 18.9. The molecule has 2 bridgehead atoms. The quantitative estimate of drug-likeness (QED) is 0.437. The van der Waals surface area contributed by atoms with Crippen LogP contribution in [0.25, 0.3) is 11.1 Å². The summed E-state index contributed by atoms with van der Waals surface area (Å²) in [7, 11) is 5.38. The first-order chi connectivity index (χ1) is 19.1. The fraction of sp³-hybridized carbons (Fsp3) is 0.438. The van der Waals surface area contributed by atoms with Gasteiger partial charge in [-0.15, -0.1) is 0 Å². The molecule has 0 spiro atoms. The molecule has 2 saturated heterocycles. The molecule has 3 atom stereocenters. The molecule has 2 aliphatic heterocycles. The summed E-state index contributed by atoms with van der Waals surface area (Å²) in [6.07, 6.45) is 4.33. The Labute approximate surface area is 237 Å². The van der Waals surface area contributed by atoms with Crippen LogP contribution in [-0.2, 0) is 7.05 Å². The number of rotatable bonds is 8. The first kappa shape index (κ1) is 27.8. The lowest BCUT2D eigenvalue weighted by atomic mass is 9.98. The second kappa shape index (κ2) is 11.4. The lowest BCUT2D eigenvalue weighted by molar-refractivity contribution is 0.0818. The Balaban J connectivity index is 1.41. The standard InChI is InChI=1S/C32H41N5O3/c1-7-40-27-15-22(14-23(16-27)28-12-13-36(6)30(28)32(39)35(4)5)21(3)33-31(38)29-17-26(11-8-20(29)2)37-18-24-9-10-25(19-37)34-24/h8,11-17,21,24-25,34H,7,9-10,18-19H2,1-6H3,(H,33,38)/t21-,24-,25+/m1/s1. The van der Waals surface area contributed by atoms with Crippen molar-refractivity contribution in [3.05, 3.63) is 71.0 Å².